The van der Waals surface area contributed by atoms with E-state index in [1.807, 2.05) is 38.1 Å². The molecule has 0 unspecified atom stereocenters. The number of amides is 1. The fourth-order valence-corrected chi connectivity index (χ4v) is 3.88. The van der Waals surface area contributed by atoms with Crippen LogP contribution in [0.3, 0.4) is 0 Å². The molecule has 0 aliphatic rings. The minimum absolute atomic E-state index is 0.116. The predicted molar refractivity (Wildman–Crippen MR) is 121 cm³/mol. The minimum atomic E-state index is -0.116. The van der Waals surface area contributed by atoms with Gasteiger partial charge in [0.2, 0.25) is 0 Å². The molecule has 8 heteroatoms. The van der Waals surface area contributed by atoms with Crippen molar-refractivity contribution in [2.45, 2.75) is 20.8 Å². The highest BCUT2D eigenvalue weighted by Crippen LogP contribution is 2.31. The number of aryl methyl sites for hydroxylation is 1. The summed E-state index contributed by atoms with van der Waals surface area (Å²) in [6.07, 6.45) is 0. The van der Waals surface area contributed by atoms with Crippen LogP contribution in [0, 0.1) is 18.3 Å². The van der Waals surface area contributed by atoms with E-state index >= 15 is 0 Å². The van der Waals surface area contributed by atoms with E-state index in [-0.39, 0.29) is 5.91 Å². The average molecular weight is 430 g/mol. The van der Waals surface area contributed by atoms with Gasteiger partial charge in [0.05, 0.1) is 11.3 Å². The molecule has 1 aromatic heterocycles. The van der Waals surface area contributed by atoms with E-state index < -0.39 is 0 Å². The lowest BCUT2D eigenvalue weighted by Crippen LogP contribution is -2.31. The van der Waals surface area contributed by atoms with Crippen molar-refractivity contribution < 1.29 is 9.53 Å². The Hall–Kier alpha value is -2.47. The number of hydrogen-bond acceptors (Lipinski definition) is 7. The Labute approximate surface area is 183 Å². The van der Waals surface area contributed by atoms with Crippen molar-refractivity contribution in [3.8, 4) is 22.4 Å². The van der Waals surface area contributed by atoms with Crippen molar-refractivity contribution in [3.05, 3.63) is 34.3 Å². The Morgan fingerprint density at radius 1 is 1.27 bits per heavy atom. The Bertz CT molecular complexity index is 884. The van der Waals surface area contributed by atoms with Gasteiger partial charge in [0, 0.05) is 25.2 Å². The summed E-state index contributed by atoms with van der Waals surface area (Å²) >= 11 is 1.34. The second-order valence-corrected chi connectivity index (χ2v) is 8.19. The maximum atomic E-state index is 12.5. The number of benzene rings is 1. The van der Waals surface area contributed by atoms with Crippen LogP contribution in [0.5, 0.6) is 5.75 Å². The Kier molecular flexibility index (Phi) is 9.24. The van der Waals surface area contributed by atoms with Crippen LogP contribution in [0.1, 0.15) is 34.8 Å². The quantitative estimate of drug-likeness (QED) is 0.591. The van der Waals surface area contributed by atoms with Crippen LogP contribution >= 0.6 is 11.3 Å². The fourth-order valence-electron chi connectivity index (χ4n) is 2.90. The van der Waals surface area contributed by atoms with Crippen molar-refractivity contribution in [1.82, 2.24) is 20.1 Å². The van der Waals surface area contributed by atoms with Crippen LogP contribution in [0.4, 0.5) is 0 Å². The molecule has 30 heavy (non-hydrogen) atoms. The first-order chi connectivity index (χ1) is 14.4. The van der Waals surface area contributed by atoms with Crippen LogP contribution in [0.25, 0.3) is 10.6 Å². The molecule has 0 spiro atoms. The Morgan fingerprint density at radius 2 is 2.00 bits per heavy atom. The lowest BCUT2D eigenvalue weighted by atomic mass is 10.1. The normalized spacial score (nSPS) is 11.0. The highest BCUT2D eigenvalue weighted by molar-refractivity contribution is 7.17. The summed E-state index contributed by atoms with van der Waals surface area (Å²) < 4.78 is 5.83. The molecule has 0 fully saturated rings. The van der Waals surface area contributed by atoms with E-state index in [4.69, 9.17) is 4.74 Å². The van der Waals surface area contributed by atoms with Gasteiger partial charge in [-0.2, -0.15) is 5.26 Å². The molecule has 0 bridgehead atoms. The zero-order valence-electron chi connectivity index (χ0n) is 18.5. The smallest absolute Gasteiger partial charge is 0.263 e. The summed E-state index contributed by atoms with van der Waals surface area (Å²) in [6, 6.07) is 7.68. The van der Waals surface area contributed by atoms with Crippen LogP contribution in [-0.4, -0.2) is 74.1 Å². The second kappa shape index (κ2) is 11.6. The SMILES string of the molecule is CCN(CC)CCOc1ccc(-c2nc(C)c(C(=O)NCCN(C)C)s2)cc1C#N. The zero-order chi connectivity index (χ0) is 22.1. The molecule has 7 nitrogen and oxygen atoms in total. The molecule has 0 aliphatic carbocycles. The first kappa shape index (κ1) is 23.8. The molecule has 0 atom stereocenters. The van der Waals surface area contributed by atoms with Gasteiger partial charge in [-0.15, -0.1) is 11.3 Å². The van der Waals surface area contributed by atoms with Crippen molar-refractivity contribution in [2.24, 2.45) is 0 Å². The highest BCUT2D eigenvalue weighted by Gasteiger charge is 2.17. The molecule has 0 saturated heterocycles. The number of hydrogen-bond donors (Lipinski definition) is 1. The van der Waals surface area contributed by atoms with Gasteiger partial charge in [0.25, 0.3) is 5.91 Å². The molecule has 2 aromatic rings. The maximum absolute atomic E-state index is 12.5. The molecule has 1 amide bonds. The summed E-state index contributed by atoms with van der Waals surface area (Å²) in [5.41, 5.74) is 1.97. The maximum Gasteiger partial charge on any atom is 0.263 e. The van der Waals surface area contributed by atoms with Crippen LogP contribution in [0.2, 0.25) is 0 Å². The van der Waals surface area contributed by atoms with E-state index in [0.29, 0.717) is 35.0 Å². The monoisotopic (exact) mass is 429 g/mol. The van der Waals surface area contributed by atoms with E-state index in [1.54, 1.807) is 6.07 Å². The Morgan fingerprint density at radius 3 is 2.63 bits per heavy atom. The molecule has 0 saturated carbocycles. The van der Waals surface area contributed by atoms with Crippen LogP contribution in [0.15, 0.2) is 18.2 Å². The molecule has 1 N–H and O–H groups in total. The lowest BCUT2D eigenvalue weighted by Gasteiger charge is -2.18. The number of nitriles is 1. The Balaban J connectivity index is 2.11. The number of aromatic nitrogens is 1. The fraction of sp³-hybridized carbons (Fsp3) is 0.500. The number of rotatable bonds is 11. The van der Waals surface area contributed by atoms with Gasteiger partial charge in [0.1, 0.15) is 28.3 Å². The second-order valence-electron chi connectivity index (χ2n) is 7.19. The standard InChI is InChI=1S/C22H31N5O2S/c1-6-27(7-2)12-13-29-19-9-8-17(14-18(19)15-23)22-25-16(3)20(30-22)21(28)24-10-11-26(4)5/h8-9,14H,6-7,10-13H2,1-5H3,(H,24,28). The molecular weight excluding hydrogens is 398 g/mol. The molecule has 2 rings (SSSR count). The number of ether oxygens (including phenoxy) is 1. The zero-order valence-corrected chi connectivity index (χ0v) is 19.3. The number of carbonyl (C=O) groups excluding carboxylic acids is 1. The third-order valence-corrected chi connectivity index (χ3v) is 5.96. The summed E-state index contributed by atoms with van der Waals surface area (Å²) in [4.78, 5) is 21.9. The molecular formula is C22H31N5O2S. The summed E-state index contributed by atoms with van der Waals surface area (Å²) in [6.45, 7) is 10.7. The van der Waals surface area contributed by atoms with Gasteiger partial charge in [-0.1, -0.05) is 13.8 Å². The first-order valence-electron chi connectivity index (χ1n) is 10.2. The minimum Gasteiger partial charge on any atom is -0.491 e. The molecule has 0 radical (unpaired) electrons. The number of carbonyl (C=O) groups is 1. The van der Waals surface area contributed by atoms with Crippen molar-refractivity contribution >= 4 is 17.2 Å². The molecule has 1 aromatic carbocycles. The van der Waals surface area contributed by atoms with Crippen molar-refractivity contribution in [1.29, 1.82) is 5.26 Å². The van der Waals surface area contributed by atoms with Gasteiger partial charge in [-0.05, 0) is 52.3 Å². The summed E-state index contributed by atoms with van der Waals surface area (Å²) in [5.74, 6) is 0.457. The highest BCUT2D eigenvalue weighted by atomic mass is 32.1. The largest absolute Gasteiger partial charge is 0.491 e. The van der Waals surface area contributed by atoms with Crippen LogP contribution < -0.4 is 10.1 Å². The van der Waals surface area contributed by atoms with Crippen molar-refractivity contribution in [2.75, 3.05) is 53.4 Å². The molecule has 162 valence electrons. The van der Waals surface area contributed by atoms with Gasteiger partial charge in [0.15, 0.2) is 0 Å². The predicted octanol–water partition coefficient (Wildman–Crippen LogP) is 3.00. The number of likely N-dealkylation sites (N-methyl/N-ethyl adjacent to an activating group) is 2. The van der Waals surface area contributed by atoms with Gasteiger partial charge >= 0.3 is 0 Å². The van der Waals surface area contributed by atoms with E-state index in [1.165, 1.54) is 11.3 Å². The van der Waals surface area contributed by atoms with Crippen LogP contribution in [-0.2, 0) is 0 Å². The van der Waals surface area contributed by atoms with Gasteiger partial charge < -0.3 is 19.9 Å². The van der Waals surface area contributed by atoms with Gasteiger partial charge in [-0.25, -0.2) is 4.98 Å². The molecule has 0 aliphatic heterocycles. The lowest BCUT2D eigenvalue weighted by molar-refractivity contribution is 0.0954. The number of nitrogens with zero attached hydrogens (tertiary/aromatic N) is 4. The molecule has 1 heterocycles. The van der Waals surface area contributed by atoms with E-state index in [9.17, 15) is 10.1 Å². The van der Waals surface area contributed by atoms with Gasteiger partial charge in [-0.3, -0.25) is 4.79 Å². The first-order valence-corrected chi connectivity index (χ1v) is 11.0. The van der Waals surface area contributed by atoms with E-state index in [2.05, 4.69) is 35.1 Å². The number of thiazole rings is 1. The summed E-state index contributed by atoms with van der Waals surface area (Å²) in [7, 11) is 3.93. The van der Waals surface area contributed by atoms with Crippen molar-refractivity contribution in [3.63, 3.8) is 0 Å². The summed E-state index contributed by atoms with van der Waals surface area (Å²) in [5, 5.41) is 13.2. The van der Waals surface area contributed by atoms with E-state index in [0.717, 1.165) is 36.8 Å². The number of nitrogens with one attached hydrogen (secondary N) is 1. The topological polar surface area (TPSA) is 81.5 Å². The third kappa shape index (κ3) is 6.52. The average Bonchev–Trinajstić information content (AvgIpc) is 3.12. The third-order valence-electron chi connectivity index (χ3n) is 4.75.